The van der Waals surface area contributed by atoms with Gasteiger partial charge in [0.15, 0.2) is 0 Å². The molecule has 29 heavy (non-hydrogen) atoms. The summed E-state index contributed by atoms with van der Waals surface area (Å²) in [5, 5.41) is 6.52. The number of oxazole rings is 1. The van der Waals surface area contributed by atoms with Crippen LogP contribution in [0.15, 0.2) is 47.2 Å². The minimum atomic E-state index is 0.699. The predicted octanol–water partition coefficient (Wildman–Crippen LogP) is 5.47. The summed E-state index contributed by atoms with van der Waals surface area (Å²) in [6.07, 6.45) is 12.3. The van der Waals surface area contributed by atoms with Crippen molar-refractivity contribution in [2.75, 3.05) is 6.54 Å². The van der Waals surface area contributed by atoms with E-state index in [2.05, 4.69) is 45.2 Å². The van der Waals surface area contributed by atoms with Gasteiger partial charge < -0.3 is 14.3 Å². The number of hydrogen-bond donors (Lipinski definition) is 1. The standard InChI is InChI=1S/C25H27N3O/c1-4-17-8-11-23-24(20(17)7-1)21-16-18(25-27-13-15-29-25)9-10-22(21)28(23)14-3-12-26-19-5-2-6-19/h8-11,13,15-16,19,26H,1-7,12,14H2. The van der Waals surface area contributed by atoms with Crippen molar-refractivity contribution >= 4 is 21.8 Å². The molecule has 1 N–H and O–H groups in total. The second-order valence-electron chi connectivity index (χ2n) is 8.61. The lowest BCUT2D eigenvalue weighted by Crippen LogP contribution is -2.35. The van der Waals surface area contributed by atoms with Crippen LogP contribution in [0.4, 0.5) is 0 Å². The number of rotatable bonds is 6. The molecule has 0 spiro atoms. The highest BCUT2D eigenvalue weighted by molar-refractivity contribution is 6.11. The molecule has 4 nitrogen and oxygen atoms in total. The van der Waals surface area contributed by atoms with Crippen molar-refractivity contribution in [1.29, 1.82) is 0 Å². The molecular weight excluding hydrogens is 358 g/mol. The van der Waals surface area contributed by atoms with Gasteiger partial charge in [0.25, 0.3) is 0 Å². The first-order chi connectivity index (χ1) is 14.4. The van der Waals surface area contributed by atoms with Gasteiger partial charge in [0.1, 0.15) is 6.26 Å². The van der Waals surface area contributed by atoms with E-state index in [1.54, 1.807) is 18.0 Å². The summed E-state index contributed by atoms with van der Waals surface area (Å²) in [6, 6.07) is 12.2. The van der Waals surface area contributed by atoms with Crippen molar-refractivity contribution in [3.8, 4) is 11.5 Å². The minimum absolute atomic E-state index is 0.699. The highest BCUT2D eigenvalue weighted by Crippen LogP contribution is 2.38. The molecule has 2 heterocycles. The van der Waals surface area contributed by atoms with Crippen molar-refractivity contribution in [2.45, 2.75) is 57.5 Å². The molecule has 0 bridgehead atoms. The fourth-order valence-corrected chi connectivity index (χ4v) is 5.18. The van der Waals surface area contributed by atoms with Crippen LogP contribution in [-0.2, 0) is 19.4 Å². The summed E-state index contributed by atoms with van der Waals surface area (Å²) in [6.45, 7) is 2.15. The Kier molecular flexibility index (Phi) is 4.19. The molecule has 0 atom stereocenters. The van der Waals surface area contributed by atoms with E-state index in [1.807, 2.05) is 0 Å². The normalized spacial score (nSPS) is 16.6. The lowest BCUT2D eigenvalue weighted by molar-refractivity contribution is 0.336. The van der Waals surface area contributed by atoms with Gasteiger partial charge in [-0.25, -0.2) is 4.98 Å². The van der Waals surface area contributed by atoms with E-state index in [0.717, 1.165) is 31.1 Å². The van der Waals surface area contributed by atoms with Crippen molar-refractivity contribution in [3.63, 3.8) is 0 Å². The summed E-state index contributed by atoms with van der Waals surface area (Å²) in [5.41, 5.74) is 6.87. The molecule has 4 aromatic rings. The number of fused-ring (bicyclic) bond motifs is 5. The molecule has 0 radical (unpaired) electrons. The molecule has 2 aromatic carbocycles. The van der Waals surface area contributed by atoms with Gasteiger partial charge in [0.05, 0.1) is 6.20 Å². The zero-order valence-electron chi connectivity index (χ0n) is 16.8. The average Bonchev–Trinajstić information content (AvgIpc) is 3.44. The summed E-state index contributed by atoms with van der Waals surface area (Å²) >= 11 is 0. The number of aryl methyl sites for hydroxylation is 3. The molecule has 6 rings (SSSR count). The molecule has 2 aliphatic rings. The van der Waals surface area contributed by atoms with Crippen LogP contribution in [0.1, 0.15) is 43.2 Å². The van der Waals surface area contributed by atoms with Crippen LogP contribution in [0, 0.1) is 0 Å². The second kappa shape index (κ2) is 7.03. The van der Waals surface area contributed by atoms with Gasteiger partial charge in [-0.15, -0.1) is 0 Å². The lowest BCUT2D eigenvalue weighted by atomic mass is 9.93. The molecule has 4 heteroatoms. The zero-order valence-corrected chi connectivity index (χ0v) is 16.8. The maximum absolute atomic E-state index is 5.57. The van der Waals surface area contributed by atoms with Crippen LogP contribution in [-0.4, -0.2) is 22.1 Å². The van der Waals surface area contributed by atoms with E-state index in [4.69, 9.17) is 4.42 Å². The molecule has 0 amide bonds. The van der Waals surface area contributed by atoms with Crippen molar-refractivity contribution in [2.24, 2.45) is 0 Å². The maximum atomic E-state index is 5.57. The SMILES string of the molecule is c1coc(-c2ccc3c(c2)c2c4c(ccc2n3CCCNC2CCC2)CCC4)n1. The van der Waals surface area contributed by atoms with Crippen LogP contribution in [0.5, 0.6) is 0 Å². The third-order valence-electron chi connectivity index (χ3n) is 6.88. The highest BCUT2D eigenvalue weighted by Gasteiger charge is 2.21. The molecule has 0 unspecified atom stereocenters. The molecule has 1 saturated carbocycles. The van der Waals surface area contributed by atoms with E-state index in [9.17, 15) is 0 Å². The average molecular weight is 386 g/mol. The van der Waals surface area contributed by atoms with Gasteiger partial charge in [-0.2, -0.15) is 0 Å². The Labute approximate surface area is 170 Å². The Morgan fingerprint density at radius 3 is 2.83 bits per heavy atom. The van der Waals surface area contributed by atoms with E-state index >= 15 is 0 Å². The largest absolute Gasteiger partial charge is 0.445 e. The molecule has 2 aromatic heterocycles. The van der Waals surface area contributed by atoms with Gasteiger partial charge >= 0.3 is 0 Å². The topological polar surface area (TPSA) is 43.0 Å². The van der Waals surface area contributed by atoms with Crippen molar-refractivity contribution < 1.29 is 4.42 Å². The monoisotopic (exact) mass is 385 g/mol. The van der Waals surface area contributed by atoms with Crippen molar-refractivity contribution in [1.82, 2.24) is 14.9 Å². The summed E-state index contributed by atoms with van der Waals surface area (Å²) in [4.78, 5) is 4.36. The number of aromatic nitrogens is 2. The molecular formula is C25H27N3O. The minimum Gasteiger partial charge on any atom is -0.445 e. The third kappa shape index (κ3) is 2.89. The second-order valence-corrected chi connectivity index (χ2v) is 8.61. The fraction of sp³-hybridized carbons (Fsp3) is 0.400. The van der Waals surface area contributed by atoms with Crippen LogP contribution in [0.3, 0.4) is 0 Å². The van der Waals surface area contributed by atoms with Crippen LogP contribution in [0.25, 0.3) is 33.3 Å². The summed E-state index contributed by atoms with van der Waals surface area (Å²) in [7, 11) is 0. The van der Waals surface area contributed by atoms with Gasteiger partial charge in [0, 0.05) is 40.0 Å². The number of hydrogen-bond acceptors (Lipinski definition) is 3. The first kappa shape index (κ1) is 17.3. The Balaban J connectivity index is 1.43. The summed E-state index contributed by atoms with van der Waals surface area (Å²) < 4.78 is 8.10. The third-order valence-corrected chi connectivity index (χ3v) is 6.88. The Morgan fingerprint density at radius 1 is 1.07 bits per heavy atom. The van der Waals surface area contributed by atoms with Crippen LogP contribution in [0.2, 0.25) is 0 Å². The smallest absolute Gasteiger partial charge is 0.225 e. The highest BCUT2D eigenvalue weighted by atomic mass is 16.3. The Morgan fingerprint density at radius 2 is 2.00 bits per heavy atom. The lowest BCUT2D eigenvalue weighted by Gasteiger charge is -2.26. The van der Waals surface area contributed by atoms with Gasteiger partial charge in [0.2, 0.25) is 5.89 Å². The number of nitrogens with zero attached hydrogens (tertiary/aromatic N) is 2. The van der Waals surface area contributed by atoms with Crippen LogP contribution < -0.4 is 5.32 Å². The molecule has 148 valence electrons. The Bertz CT molecular complexity index is 1170. The first-order valence-corrected chi connectivity index (χ1v) is 11.1. The zero-order chi connectivity index (χ0) is 19.2. The van der Waals surface area contributed by atoms with Crippen molar-refractivity contribution in [3.05, 3.63) is 53.9 Å². The molecule has 0 aliphatic heterocycles. The Hall–Kier alpha value is -2.59. The van der Waals surface area contributed by atoms with Gasteiger partial charge in [-0.3, -0.25) is 0 Å². The summed E-state index contributed by atoms with van der Waals surface area (Å²) in [5.74, 6) is 0.699. The number of benzene rings is 2. The van der Waals surface area contributed by atoms with Crippen LogP contribution >= 0.6 is 0 Å². The first-order valence-electron chi connectivity index (χ1n) is 11.1. The van der Waals surface area contributed by atoms with Gasteiger partial charge in [-0.1, -0.05) is 12.5 Å². The van der Waals surface area contributed by atoms with E-state index in [-0.39, 0.29) is 0 Å². The quantitative estimate of drug-likeness (QED) is 0.448. The van der Waals surface area contributed by atoms with E-state index in [1.165, 1.54) is 65.9 Å². The van der Waals surface area contributed by atoms with E-state index in [0.29, 0.717) is 5.89 Å². The van der Waals surface area contributed by atoms with E-state index < -0.39 is 0 Å². The molecule has 2 aliphatic carbocycles. The van der Waals surface area contributed by atoms with Gasteiger partial charge in [-0.05, 0) is 80.5 Å². The number of nitrogens with one attached hydrogen (secondary N) is 1. The predicted molar refractivity (Wildman–Crippen MR) is 117 cm³/mol. The maximum Gasteiger partial charge on any atom is 0.225 e. The molecule has 0 saturated heterocycles. The molecule has 1 fully saturated rings. The fourth-order valence-electron chi connectivity index (χ4n) is 5.18.